The van der Waals surface area contributed by atoms with Gasteiger partial charge in [-0.3, -0.25) is 4.79 Å². The van der Waals surface area contributed by atoms with Gasteiger partial charge in [0.1, 0.15) is 5.82 Å². The first kappa shape index (κ1) is 13.6. The lowest BCUT2D eigenvalue weighted by molar-refractivity contribution is 0.104. The van der Waals surface area contributed by atoms with Crippen LogP contribution in [0, 0.1) is 9.39 Å². The fourth-order valence-corrected chi connectivity index (χ4v) is 3.98. The third-order valence-corrected chi connectivity index (χ3v) is 6.19. The predicted molar refractivity (Wildman–Crippen MR) is 82.3 cm³/mol. The van der Waals surface area contributed by atoms with E-state index in [-0.39, 0.29) is 11.6 Å². The minimum atomic E-state index is -0.334. The van der Waals surface area contributed by atoms with Gasteiger partial charge in [0.15, 0.2) is 0 Å². The van der Waals surface area contributed by atoms with Crippen molar-refractivity contribution in [2.75, 3.05) is 0 Å². The predicted octanol–water partition coefficient (Wildman–Crippen LogP) is 5.25. The Morgan fingerprint density at radius 2 is 2.00 bits per heavy atom. The zero-order valence-corrected chi connectivity index (χ0v) is 14.3. The molecule has 1 nitrogen and oxygen atoms in total. The highest BCUT2D eigenvalue weighted by atomic mass is 127. The molecule has 0 atom stereocenters. The van der Waals surface area contributed by atoms with Gasteiger partial charge < -0.3 is 0 Å². The van der Waals surface area contributed by atoms with Crippen LogP contribution in [0.2, 0.25) is 0 Å². The average Bonchev–Trinajstić information content (AvgIpc) is 2.58. The molecular formula is C11H4Br2FIOS. The van der Waals surface area contributed by atoms with E-state index in [4.69, 9.17) is 0 Å². The molecular weight excluding hydrogens is 486 g/mol. The lowest BCUT2D eigenvalue weighted by atomic mass is 10.1. The second-order valence-corrected chi connectivity index (χ2v) is 7.57. The molecule has 2 rings (SSSR count). The molecule has 0 radical (unpaired) electrons. The Balaban J connectivity index is 2.43. The number of carbonyl (C=O) groups excluding carboxylic acids is 1. The van der Waals surface area contributed by atoms with Gasteiger partial charge in [0.2, 0.25) is 5.78 Å². The SMILES string of the molecule is O=C(c1cc(Br)c(Br)s1)c1ccc(F)cc1I. The molecule has 0 saturated carbocycles. The minimum Gasteiger partial charge on any atom is -0.288 e. The van der Waals surface area contributed by atoms with Gasteiger partial charge in [-0.1, -0.05) is 0 Å². The average molecular weight is 490 g/mol. The Labute approximate surface area is 132 Å². The molecule has 88 valence electrons. The van der Waals surface area contributed by atoms with Crippen molar-refractivity contribution in [3.05, 3.63) is 52.4 Å². The zero-order valence-electron chi connectivity index (χ0n) is 8.14. The van der Waals surface area contributed by atoms with Crippen molar-refractivity contribution >= 4 is 71.6 Å². The van der Waals surface area contributed by atoms with E-state index in [1.807, 2.05) is 22.6 Å². The van der Waals surface area contributed by atoms with Gasteiger partial charge >= 0.3 is 0 Å². The Hall–Kier alpha value is 0.210. The molecule has 17 heavy (non-hydrogen) atoms. The van der Waals surface area contributed by atoms with Crippen LogP contribution in [0.25, 0.3) is 0 Å². The lowest BCUT2D eigenvalue weighted by Gasteiger charge is -2.01. The molecule has 0 amide bonds. The minimum absolute atomic E-state index is 0.0919. The number of rotatable bonds is 2. The van der Waals surface area contributed by atoms with Gasteiger partial charge in [0.05, 0.1) is 8.66 Å². The van der Waals surface area contributed by atoms with Crippen LogP contribution < -0.4 is 0 Å². The topological polar surface area (TPSA) is 17.1 Å². The summed E-state index contributed by atoms with van der Waals surface area (Å²) in [6.07, 6.45) is 0. The smallest absolute Gasteiger partial charge is 0.204 e. The first-order valence-electron chi connectivity index (χ1n) is 4.43. The molecule has 0 bridgehead atoms. The maximum absolute atomic E-state index is 13.0. The number of hydrogen-bond acceptors (Lipinski definition) is 2. The summed E-state index contributed by atoms with van der Waals surface area (Å²) in [4.78, 5) is 12.8. The molecule has 6 heteroatoms. The fourth-order valence-electron chi connectivity index (χ4n) is 1.26. The van der Waals surface area contributed by atoms with Crippen LogP contribution in [-0.4, -0.2) is 5.78 Å². The molecule has 1 aromatic carbocycles. The van der Waals surface area contributed by atoms with E-state index in [9.17, 15) is 9.18 Å². The van der Waals surface area contributed by atoms with Crippen LogP contribution in [0.1, 0.15) is 15.2 Å². The van der Waals surface area contributed by atoms with E-state index in [0.717, 1.165) is 8.26 Å². The maximum Gasteiger partial charge on any atom is 0.204 e. The normalized spacial score (nSPS) is 10.6. The molecule has 0 N–H and O–H groups in total. The Morgan fingerprint density at radius 1 is 1.29 bits per heavy atom. The highest BCUT2D eigenvalue weighted by Crippen LogP contribution is 2.34. The fraction of sp³-hybridized carbons (Fsp3) is 0. The van der Waals surface area contributed by atoms with Crippen LogP contribution in [-0.2, 0) is 0 Å². The van der Waals surface area contributed by atoms with Gasteiger partial charge in [-0.15, -0.1) is 11.3 Å². The van der Waals surface area contributed by atoms with E-state index < -0.39 is 0 Å². The van der Waals surface area contributed by atoms with Gasteiger partial charge in [-0.2, -0.15) is 0 Å². The first-order valence-corrected chi connectivity index (χ1v) is 7.91. The summed E-state index contributed by atoms with van der Waals surface area (Å²) < 4.78 is 15.3. The molecule has 0 aliphatic heterocycles. The number of carbonyl (C=O) groups is 1. The Bertz CT molecular complexity index is 578. The molecule has 0 unspecified atom stereocenters. The van der Waals surface area contributed by atoms with Crippen molar-refractivity contribution in [1.29, 1.82) is 0 Å². The van der Waals surface area contributed by atoms with E-state index in [1.54, 1.807) is 6.07 Å². The number of halogens is 4. The van der Waals surface area contributed by atoms with Gasteiger partial charge in [0, 0.05) is 13.6 Å². The summed E-state index contributed by atoms with van der Waals surface area (Å²) in [5, 5.41) is 0. The van der Waals surface area contributed by atoms with E-state index >= 15 is 0 Å². The van der Waals surface area contributed by atoms with Crippen molar-refractivity contribution in [1.82, 2.24) is 0 Å². The van der Waals surface area contributed by atoms with Gasteiger partial charge in [-0.05, 0) is 78.7 Å². The largest absolute Gasteiger partial charge is 0.288 e. The highest BCUT2D eigenvalue weighted by Gasteiger charge is 2.16. The number of ketones is 1. The summed E-state index contributed by atoms with van der Waals surface area (Å²) in [5.74, 6) is -0.426. The van der Waals surface area contributed by atoms with Crippen LogP contribution in [0.5, 0.6) is 0 Å². The zero-order chi connectivity index (χ0) is 12.6. The van der Waals surface area contributed by atoms with Crippen LogP contribution in [0.3, 0.4) is 0 Å². The lowest BCUT2D eigenvalue weighted by Crippen LogP contribution is -2.01. The van der Waals surface area contributed by atoms with Crippen molar-refractivity contribution < 1.29 is 9.18 Å². The number of hydrogen-bond donors (Lipinski definition) is 0. The highest BCUT2D eigenvalue weighted by molar-refractivity contribution is 14.1. The first-order chi connectivity index (χ1) is 7.99. The molecule has 0 aliphatic carbocycles. The Morgan fingerprint density at radius 3 is 2.53 bits per heavy atom. The molecule has 1 heterocycles. The third-order valence-electron chi connectivity index (χ3n) is 2.04. The summed E-state index contributed by atoms with van der Waals surface area (Å²) >= 11 is 10.00. The van der Waals surface area contributed by atoms with E-state index in [0.29, 0.717) is 14.0 Å². The summed E-state index contributed by atoms with van der Waals surface area (Å²) in [7, 11) is 0. The number of thiophene rings is 1. The van der Waals surface area contributed by atoms with Crippen LogP contribution in [0.15, 0.2) is 32.5 Å². The summed E-state index contributed by atoms with van der Waals surface area (Å²) in [6.45, 7) is 0. The standard InChI is InChI=1S/C11H4Br2FIOS/c12-7-4-9(17-11(7)13)10(16)6-2-1-5(14)3-8(6)15/h1-4H. The van der Waals surface area contributed by atoms with Gasteiger partial charge in [0.25, 0.3) is 0 Å². The number of benzene rings is 1. The Kier molecular flexibility index (Phi) is 4.38. The van der Waals surface area contributed by atoms with Crippen molar-refractivity contribution in [3.63, 3.8) is 0 Å². The molecule has 2 aromatic rings. The second-order valence-electron chi connectivity index (χ2n) is 3.19. The maximum atomic E-state index is 13.0. The van der Waals surface area contributed by atoms with Crippen molar-refractivity contribution in [3.8, 4) is 0 Å². The van der Waals surface area contributed by atoms with Crippen LogP contribution in [0.4, 0.5) is 4.39 Å². The van der Waals surface area contributed by atoms with Crippen LogP contribution >= 0.6 is 65.8 Å². The molecule has 1 aromatic heterocycles. The molecule has 0 saturated heterocycles. The van der Waals surface area contributed by atoms with Crippen molar-refractivity contribution in [2.45, 2.75) is 0 Å². The van der Waals surface area contributed by atoms with E-state index in [1.165, 1.54) is 29.5 Å². The summed E-state index contributed by atoms with van der Waals surface area (Å²) in [5.41, 5.74) is 0.522. The molecule has 0 aliphatic rings. The second kappa shape index (κ2) is 5.46. The quantitative estimate of drug-likeness (QED) is 0.416. The monoisotopic (exact) mass is 488 g/mol. The van der Waals surface area contributed by atoms with Gasteiger partial charge in [-0.25, -0.2) is 4.39 Å². The summed E-state index contributed by atoms with van der Waals surface area (Å²) in [6, 6.07) is 5.93. The van der Waals surface area contributed by atoms with Crippen molar-refractivity contribution in [2.24, 2.45) is 0 Å². The third kappa shape index (κ3) is 2.97. The van der Waals surface area contributed by atoms with E-state index in [2.05, 4.69) is 31.9 Å². The molecule has 0 spiro atoms. The molecule has 0 fully saturated rings.